The Morgan fingerprint density at radius 3 is 2.69 bits per heavy atom. The molecule has 0 aliphatic heterocycles. The van der Waals surface area contributed by atoms with Crippen molar-refractivity contribution in [1.29, 1.82) is 0 Å². The van der Waals surface area contributed by atoms with E-state index in [1.54, 1.807) is 12.3 Å². The summed E-state index contributed by atoms with van der Waals surface area (Å²) < 4.78 is 26.4. The zero-order valence-corrected chi connectivity index (χ0v) is 9.35. The summed E-state index contributed by atoms with van der Waals surface area (Å²) in [4.78, 5) is 4.84. The summed E-state index contributed by atoms with van der Waals surface area (Å²) in [5.41, 5.74) is 1.27. The molecular weight excluding hydrogens is 210 g/mol. The molecule has 0 aliphatic carbocycles. The maximum atomic E-state index is 13.4. The minimum Gasteiger partial charge on any atom is -0.358 e. The second-order valence-electron chi connectivity index (χ2n) is 4.15. The van der Waals surface area contributed by atoms with Gasteiger partial charge < -0.3 is 9.88 Å². The van der Waals surface area contributed by atoms with Crippen LogP contribution in [-0.4, -0.2) is 30.5 Å². The fourth-order valence-corrected chi connectivity index (χ4v) is 1.75. The largest absolute Gasteiger partial charge is 0.358 e. The Balaban J connectivity index is 2.38. The van der Waals surface area contributed by atoms with Gasteiger partial charge in [0.2, 0.25) is 0 Å². The van der Waals surface area contributed by atoms with Crippen molar-refractivity contribution >= 4 is 10.9 Å². The number of fused-ring (bicyclic) bond motifs is 1. The highest BCUT2D eigenvalue weighted by atomic mass is 19.2. The Hall–Kier alpha value is -1.42. The highest BCUT2D eigenvalue weighted by Gasteiger charge is 2.11. The van der Waals surface area contributed by atoms with Crippen LogP contribution >= 0.6 is 0 Å². The van der Waals surface area contributed by atoms with Gasteiger partial charge in [-0.05, 0) is 38.2 Å². The summed E-state index contributed by atoms with van der Waals surface area (Å²) in [6.45, 7) is 0.881. The van der Waals surface area contributed by atoms with Gasteiger partial charge in [0.15, 0.2) is 11.6 Å². The van der Waals surface area contributed by atoms with Crippen LogP contribution in [0, 0.1) is 11.6 Å². The lowest BCUT2D eigenvalue weighted by molar-refractivity contribution is 0.414. The third kappa shape index (κ3) is 1.93. The van der Waals surface area contributed by atoms with Crippen molar-refractivity contribution in [3.8, 4) is 0 Å². The molecule has 0 fully saturated rings. The smallest absolute Gasteiger partial charge is 0.182 e. The average molecular weight is 224 g/mol. The molecule has 86 valence electrons. The lowest BCUT2D eigenvalue weighted by Gasteiger charge is -2.08. The zero-order valence-electron chi connectivity index (χ0n) is 9.35. The summed E-state index contributed by atoms with van der Waals surface area (Å²) in [6, 6.07) is 2.79. The minimum absolute atomic E-state index is 0.258. The van der Waals surface area contributed by atoms with Gasteiger partial charge in [-0.2, -0.15) is 0 Å². The highest BCUT2D eigenvalue weighted by Crippen LogP contribution is 2.23. The number of rotatable bonds is 3. The molecule has 1 heterocycles. The van der Waals surface area contributed by atoms with Crippen molar-refractivity contribution in [1.82, 2.24) is 9.88 Å². The van der Waals surface area contributed by atoms with Gasteiger partial charge in [-0.1, -0.05) is 0 Å². The van der Waals surface area contributed by atoms with Crippen molar-refractivity contribution in [2.75, 3.05) is 20.6 Å². The summed E-state index contributed by atoms with van der Waals surface area (Å²) in [5, 5.41) is 0.765. The number of nitrogens with zero attached hydrogens (tertiary/aromatic N) is 1. The number of aromatic amines is 1. The van der Waals surface area contributed by atoms with Crippen molar-refractivity contribution in [3.63, 3.8) is 0 Å². The van der Waals surface area contributed by atoms with E-state index in [9.17, 15) is 8.78 Å². The molecule has 0 amide bonds. The molecular formula is C12H14F2N2. The molecule has 0 bridgehead atoms. The summed E-state index contributed by atoms with van der Waals surface area (Å²) in [6.07, 6.45) is 2.56. The van der Waals surface area contributed by atoms with E-state index in [0.29, 0.717) is 0 Å². The molecule has 0 unspecified atom stereocenters. The van der Waals surface area contributed by atoms with Crippen LogP contribution in [0.3, 0.4) is 0 Å². The minimum atomic E-state index is -0.812. The number of hydrogen-bond acceptors (Lipinski definition) is 1. The molecule has 0 saturated carbocycles. The van der Waals surface area contributed by atoms with E-state index < -0.39 is 11.6 Å². The van der Waals surface area contributed by atoms with Gasteiger partial charge >= 0.3 is 0 Å². The fourth-order valence-electron chi connectivity index (χ4n) is 1.75. The number of nitrogens with one attached hydrogen (secondary N) is 1. The second kappa shape index (κ2) is 4.22. The molecule has 0 saturated heterocycles. The first-order valence-electron chi connectivity index (χ1n) is 5.18. The molecule has 16 heavy (non-hydrogen) atoms. The normalized spacial score (nSPS) is 11.6. The monoisotopic (exact) mass is 224 g/mol. The maximum absolute atomic E-state index is 13.4. The Kier molecular flexibility index (Phi) is 2.92. The molecule has 4 heteroatoms. The molecule has 0 radical (unpaired) electrons. The van der Waals surface area contributed by atoms with Crippen molar-refractivity contribution in [2.45, 2.75) is 6.42 Å². The van der Waals surface area contributed by atoms with Crippen LogP contribution in [-0.2, 0) is 6.42 Å². The molecule has 0 atom stereocenters. The van der Waals surface area contributed by atoms with Crippen LogP contribution in [0.15, 0.2) is 18.3 Å². The standard InChI is InChI=1S/C12H14F2N2/c1-16(2)6-5-8-7-15-12-9(8)3-4-10(13)11(12)14/h3-4,7,15H,5-6H2,1-2H3. The van der Waals surface area contributed by atoms with E-state index >= 15 is 0 Å². The first kappa shape index (κ1) is 11.1. The molecule has 0 spiro atoms. The van der Waals surface area contributed by atoms with Crippen LogP contribution < -0.4 is 0 Å². The van der Waals surface area contributed by atoms with Gasteiger partial charge in [0, 0.05) is 18.1 Å². The summed E-state index contributed by atoms with van der Waals surface area (Å²) >= 11 is 0. The van der Waals surface area contributed by atoms with E-state index in [0.717, 1.165) is 23.9 Å². The third-order valence-corrected chi connectivity index (χ3v) is 2.66. The Bertz CT molecular complexity index is 503. The van der Waals surface area contributed by atoms with Crippen LogP contribution in [0.4, 0.5) is 8.78 Å². The summed E-state index contributed by atoms with van der Waals surface area (Å²) in [5.74, 6) is -1.61. The van der Waals surface area contributed by atoms with E-state index in [1.807, 2.05) is 14.1 Å². The van der Waals surface area contributed by atoms with Crippen molar-refractivity contribution < 1.29 is 8.78 Å². The number of H-pyrrole nitrogens is 1. The second-order valence-corrected chi connectivity index (χ2v) is 4.15. The Morgan fingerprint density at radius 2 is 2.00 bits per heavy atom. The van der Waals surface area contributed by atoms with E-state index in [1.165, 1.54) is 6.07 Å². The van der Waals surface area contributed by atoms with Crippen molar-refractivity contribution in [2.24, 2.45) is 0 Å². The van der Waals surface area contributed by atoms with E-state index in [4.69, 9.17) is 0 Å². The van der Waals surface area contributed by atoms with Gasteiger partial charge in [0.25, 0.3) is 0 Å². The van der Waals surface area contributed by atoms with Gasteiger partial charge in [-0.3, -0.25) is 0 Å². The summed E-state index contributed by atoms with van der Waals surface area (Å²) in [7, 11) is 3.96. The van der Waals surface area contributed by atoms with E-state index in [2.05, 4.69) is 9.88 Å². The molecule has 2 aromatic rings. The number of hydrogen-bond donors (Lipinski definition) is 1. The number of benzene rings is 1. The molecule has 2 nitrogen and oxygen atoms in total. The SMILES string of the molecule is CN(C)CCc1c[nH]c2c(F)c(F)ccc12. The van der Waals surface area contributed by atoms with Crippen LogP contribution in [0.1, 0.15) is 5.56 Å². The van der Waals surface area contributed by atoms with Crippen LogP contribution in [0.25, 0.3) is 10.9 Å². The average Bonchev–Trinajstić information content (AvgIpc) is 2.64. The van der Waals surface area contributed by atoms with Gasteiger partial charge in [0.05, 0.1) is 5.52 Å². The van der Waals surface area contributed by atoms with Crippen LogP contribution in [0.5, 0.6) is 0 Å². The van der Waals surface area contributed by atoms with Gasteiger partial charge in [0.1, 0.15) is 0 Å². The third-order valence-electron chi connectivity index (χ3n) is 2.66. The number of likely N-dealkylation sites (N-methyl/N-ethyl adjacent to an activating group) is 1. The topological polar surface area (TPSA) is 19.0 Å². The van der Waals surface area contributed by atoms with Crippen LogP contribution in [0.2, 0.25) is 0 Å². The highest BCUT2D eigenvalue weighted by molar-refractivity contribution is 5.83. The maximum Gasteiger partial charge on any atom is 0.182 e. The predicted molar refractivity (Wildman–Crippen MR) is 60.5 cm³/mol. The molecule has 1 N–H and O–H groups in total. The fraction of sp³-hybridized carbons (Fsp3) is 0.333. The van der Waals surface area contributed by atoms with Gasteiger partial charge in [-0.25, -0.2) is 8.78 Å². The number of aromatic nitrogens is 1. The predicted octanol–water partition coefficient (Wildman–Crippen LogP) is 2.55. The first-order valence-corrected chi connectivity index (χ1v) is 5.18. The van der Waals surface area contributed by atoms with Gasteiger partial charge in [-0.15, -0.1) is 0 Å². The Morgan fingerprint density at radius 1 is 1.25 bits per heavy atom. The molecule has 2 rings (SSSR count). The van der Waals surface area contributed by atoms with Crippen molar-refractivity contribution in [3.05, 3.63) is 35.5 Å². The van der Waals surface area contributed by atoms with E-state index in [-0.39, 0.29) is 5.52 Å². The zero-order chi connectivity index (χ0) is 11.7. The first-order chi connectivity index (χ1) is 7.59. The molecule has 1 aromatic carbocycles. The number of halogens is 2. The molecule has 0 aliphatic rings. The lowest BCUT2D eigenvalue weighted by atomic mass is 10.1. The Labute approximate surface area is 92.9 Å². The molecule has 1 aromatic heterocycles. The lowest BCUT2D eigenvalue weighted by Crippen LogP contribution is -2.14. The quantitative estimate of drug-likeness (QED) is 0.848.